The van der Waals surface area contributed by atoms with E-state index in [4.69, 9.17) is 22.9 Å². The van der Waals surface area contributed by atoms with Gasteiger partial charge in [0, 0.05) is 22.2 Å². The van der Waals surface area contributed by atoms with E-state index in [2.05, 4.69) is 22.8 Å². The van der Waals surface area contributed by atoms with Gasteiger partial charge in [0.1, 0.15) is 5.01 Å². The molecule has 0 bridgehead atoms. The lowest BCUT2D eigenvalue weighted by Gasteiger charge is -2.04. The van der Waals surface area contributed by atoms with Crippen LogP contribution in [0.4, 0.5) is 5.69 Å². The molecule has 0 spiro atoms. The van der Waals surface area contributed by atoms with Crippen molar-refractivity contribution in [1.82, 2.24) is 4.98 Å². The number of rotatable bonds is 3. The van der Waals surface area contributed by atoms with E-state index in [9.17, 15) is 0 Å². The van der Waals surface area contributed by atoms with Gasteiger partial charge in [-0.25, -0.2) is 4.98 Å². The fraction of sp³-hybridized carbons (Fsp3) is 0. The van der Waals surface area contributed by atoms with Crippen LogP contribution in [0.3, 0.4) is 0 Å². The van der Waals surface area contributed by atoms with E-state index in [-0.39, 0.29) is 5.11 Å². The van der Waals surface area contributed by atoms with Crippen LogP contribution < -0.4 is 11.1 Å². The van der Waals surface area contributed by atoms with E-state index >= 15 is 0 Å². The van der Waals surface area contributed by atoms with Gasteiger partial charge in [-0.1, -0.05) is 42.5 Å². The molecule has 21 heavy (non-hydrogen) atoms. The molecule has 3 nitrogen and oxygen atoms in total. The third-order valence-corrected chi connectivity index (χ3v) is 3.94. The Kier molecular flexibility index (Phi) is 3.94. The highest BCUT2D eigenvalue weighted by Gasteiger charge is 2.07. The predicted molar refractivity (Wildman–Crippen MR) is 93.4 cm³/mol. The summed E-state index contributed by atoms with van der Waals surface area (Å²) < 4.78 is 0. The van der Waals surface area contributed by atoms with Crippen molar-refractivity contribution >= 4 is 34.4 Å². The van der Waals surface area contributed by atoms with Crippen molar-refractivity contribution in [3.63, 3.8) is 0 Å². The van der Waals surface area contributed by atoms with Crippen LogP contribution in [0.5, 0.6) is 0 Å². The highest BCUT2D eigenvalue weighted by Crippen LogP contribution is 2.30. The molecule has 0 saturated heterocycles. The summed E-state index contributed by atoms with van der Waals surface area (Å²) in [6.45, 7) is 0. The van der Waals surface area contributed by atoms with Crippen molar-refractivity contribution in [2.75, 3.05) is 5.32 Å². The normalized spacial score (nSPS) is 10.3. The largest absolute Gasteiger partial charge is 0.376 e. The van der Waals surface area contributed by atoms with E-state index in [1.54, 1.807) is 11.3 Å². The molecule has 3 aromatic rings. The minimum absolute atomic E-state index is 0.260. The Labute approximate surface area is 132 Å². The van der Waals surface area contributed by atoms with Gasteiger partial charge in [0.05, 0.1) is 5.69 Å². The number of nitrogens with one attached hydrogen (secondary N) is 1. The van der Waals surface area contributed by atoms with Gasteiger partial charge in [0.25, 0.3) is 0 Å². The second kappa shape index (κ2) is 6.03. The summed E-state index contributed by atoms with van der Waals surface area (Å²) in [7, 11) is 0. The first kappa shape index (κ1) is 13.7. The average molecular weight is 311 g/mol. The Morgan fingerprint density at radius 1 is 1.05 bits per heavy atom. The summed E-state index contributed by atoms with van der Waals surface area (Å²) in [5.41, 5.74) is 9.53. The fourth-order valence-electron chi connectivity index (χ4n) is 2.02. The Balaban J connectivity index is 1.91. The Hall–Kier alpha value is -2.24. The van der Waals surface area contributed by atoms with Crippen LogP contribution in [0.2, 0.25) is 0 Å². The molecule has 0 fully saturated rings. The minimum Gasteiger partial charge on any atom is -0.376 e. The van der Waals surface area contributed by atoms with Gasteiger partial charge in [-0.05, 0) is 24.4 Å². The molecule has 0 atom stereocenters. The van der Waals surface area contributed by atoms with Crippen LogP contribution in [-0.4, -0.2) is 10.1 Å². The smallest absolute Gasteiger partial charge is 0.168 e. The van der Waals surface area contributed by atoms with E-state index in [0.29, 0.717) is 0 Å². The van der Waals surface area contributed by atoms with Crippen LogP contribution >= 0.6 is 23.6 Å². The maximum absolute atomic E-state index is 5.50. The zero-order valence-corrected chi connectivity index (χ0v) is 12.7. The van der Waals surface area contributed by atoms with Crippen molar-refractivity contribution in [2.45, 2.75) is 0 Å². The third kappa shape index (κ3) is 3.26. The summed E-state index contributed by atoms with van der Waals surface area (Å²) in [5, 5.41) is 6.24. The molecule has 5 heteroatoms. The van der Waals surface area contributed by atoms with Crippen molar-refractivity contribution in [3.8, 4) is 21.8 Å². The molecule has 0 aliphatic rings. The molecule has 2 aromatic carbocycles. The molecule has 0 radical (unpaired) electrons. The zero-order valence-electron chi connectivity index (χ0n) is 11.1. The molecule has 3 N–H and O–H groups in total. The van der Waals surface area contributed by atoms with E-state index in [0.717, 1.165) is 27.5 Å². The Morgan fingerprint density at radius 2 is 1.81 bits per heavy atom. The first-order chi connectivity index (χ1) is 10.2. The fourth-order valence-corrected chi connectivity index (χ4v) is 2.96. The van der Waals surface area contributed by atoms with Gasteiger partial charge < -0.3 is 11.1 Å². The third-order valence-electron chi connectivity index (χ3n) is 2.95. The molecule has 1 heterocycles. The molecule has 0 amide bonds. The van der Waals surface area contributed by atoms with Crippen LogP contribution in [0.25, 0.3) is 21.8 Å². The summed E-state index contributed by atoms with van der Waals surface area (Å²) >= 11 is 6.48. The monoisotopic (exact) mass is 311 g/mol. The lowest BCUT2D eigenvalue weighted by molar-refractivity contribution is 1.40. The van der Waals surface area contributed by atoms with Crippen molar-refractivity contribution < 1.29 is 0 Å². The lowest BCUT2D eigenvalue weighted by Crippen LogP contribution is -2.18. The second-order valence-electron chi connectivity index (χ2n) is 4.47. The van der Waals surface area contributed by atoms with Crippen molar-refractivity contribution in [1.29, 1.82) is 0 Å². The quantitative estimate of drug-likeness (QED) is 0.714. The van der Waals surface area contributed by atoms with Crippen molar-refractivity contribution in [2.24, 2.45) is 5.73 Å². The SMILES string of the molecule is NC(=S)Nc1cccc(-c2nc(-c3ccccc3)cs2)c1. The molecular formula is C16H13N3S2. The number of aromatic nitrogens is 1. The molecule has 0 unspecified atom stereocenters. The number of benzene rings is 2. The molecule has 104 valence electrons. The lowest BCUT2D eigenvalue weighted by atomic mass is 10.2. The van der Waals surface area contributed by atoms with E-state index in [1.807, 2.05) is 42.5 Å². The first-order valence-electron chi connectivity index (χ1n) is 6.40. The van der Waals surface area contributed by atoms with Gasteiger partial charge in [-0.2, -0.15) is 0 Å². The number of hydrogen-bond donors (Lipinski definition) is 2. The van der Waals surface area contributed by atoms with Crippen LogP contribution in [0.15, 0.2) is 60.0 Å². The van der Waals surface area contributed by atoms with Gasteiger partial charge in [0.2, 0.25) is 0 Å². The molecule has 3 rings (SSSR count). The summed E-state index contributed by atoms with van der Waals surface area (Å²) in [4.78, 5) is 4.70. The molecule has 0 saturated carbocycles. The number of nitrogens with two attached hydrogens (primary N) is 1. The highest BCUT2D eigenvalue weighted by molar-refractivity contribution is 7.80. The maximum atomic E-state index is 5.50. The second-order valence-corrected chi connectivity index (χ2v) is 5.77. The van der Waals surface area contributed by atoms with E-state index in [1.165, 1.54) is 0 Å². The number of thiazole rings is 1. The van der Waals surface area contributed by atoms with E-state index < -0.39 is 0 Å². The van der Waals surface area contributed by atoms with Gasteiger partial charge in [-0.3, -0.25) is 0 Å². The molecule has 1 aromatic heterocycles. The highest BCUT2D eigenvalue weighted by atomic mass is 32.1. The van der Waals surface area contributed by atoms with Crippen LogP contribution in [0.1, 0.15) is 0 Å². The predicted octanol–water partition coefficient (Wildman–Crippen LogP) is 4.13. The summed E-state index contributed by atoms with van der Waals surface area (Å²) in [6, 6.07) is 18.1. The molecule has 0 aliphatic carbocycles. The topological polar surface area (TPSA) is 50.9 Å². The van der Waals surface area contributed by atoms with Gasteiger partial charge >= 0.3 is 0 Å². The molecule has 0 aliphatic heterocycles. The average Bonchev–Trinajstić information content (AvgIpc) is 2.98. The van der Waals surface area contributed by atoms with Gasteiger partial charge in [-0.15, -0.1) is 11.3 Å². The number of nitrogens with zero attached hydrogens (tertiary/aromatic N) is 1. The first-order valence-corrected chi connectivity index (χ1v) is 7.69. The Bertz CT molecular complexity index is 766. The van der Waals surface area contributed by atoms with Crippen molar-refractivity contribution in [3.05, 3.63) is 60.0 Å². The summed E-state index contributed by atoms with van der Waals surface area (Å²) in [5.74, 6) is 0. The number of anilines is 1. The summed E-state index contributed by atoms with van der Waals surface area (Å²) in [6.07, 6.45) is 0. The molecular weight excluding hydrogens is 298 g/mol. The minimum atomic E-state index is 0.260. The maximum Gasteiger partial charge on any atom is 0.168 e. The van der Waals surface area contributed by atoms with Crippen LogP contribution in [-0.2, 0) is 0 Å². The Morgan fingerprint density at radius 3 is 2.57 bits per heavy atom. The number of hydrogen-bond acceptors (Lipinski definition) is 3. The van der Waals surface area contributed by atoms with Gasteiger partial charge in [0.15, 0.2) is 5.11 Å². The van der Waals surface area contributed by atoms with Crippen LogP contribution in [0, 0.1) is 0 Å². The number of thiocarbonyl (C=S) groups is 1. The standard InChI is InChI=1S/C16H13N3S2/c17-16(20)18-13-8-4-7-12(9-13)15-19-14(10-21-15)11-5-2-1-3-6-11/h1-10H,(H3,17,18,20). The zero-order chi connectivity index (χ0) is 14.7.